The highest BCUT2D eigenvalue weighted by molar-refractivity contribution is 5.71. The first-order valence-electron chi connectivity index (χ1n) is 7.81. The van der Waals surface area contributed by atoms with Crippen molar-refractivity contribution in [2.24, 2.45) is 0 Å². The molecule has 0 radical (unpaired) electrons. The van der Waals surface area contributed by atoms with Gasteiger partial charge in [0, 0.05) is 12.7 Å². The van der Waals surface area contributed by atoms with Crippen LogP contribution in [0, 0.1) is 0 Å². The number of aryl methyl sites for hydroxylation is 1. The van der Waals surface area contributed by atoms with E-state index >= 15 is 0 Å². The maximum absolute atomic E-state index is 12.0. The lowest BCUT2D eigenvalue weighted by atomic mass is 10.1. The first kappa shape index (κ1) is 17.5. The SMILES string of the molecule is CCCn1nccc1[C@@H](CC(=O)O)NC(=O)OCc1ccccc1. The number of hydrogen-bond donors (Lipinski definition) is 2. The second kappa shape index (κ2) is 8.71. The van der Waals surface area contributed by atoms with Crippen molar-refractivity contribution in [2.45, 2.75) is 39.0 Å². The van der Waals surface area contributed by atoms with Gasteiger partial charge >= 0.3 is 12.1 Å². The Morgan fingerprint density at radius 3 is 2.71 bits per heavy atom. The van der Waals surface area contributed by atoms with E-state index in [1.54, 1.807) is 16.9 Å². The van der Waals surface area contributed by atoms with Crippen molar-refractivity contribution in [3.63, 3.8) is 0 Å². The lowest BCUT2D eigenvalue weighted by molar-refractivity contribution is -0.137. The number of alkyl carbamates (subject to hydrolysis) is 1. The molecule has 1 amide bonds. The molecular formula is C17H21N3O4. The summed E-state index contributed by atoms with van der Waals surface area (Å²) in [6.07, 6.45) is 1.55. The van der Waals surface area contributed by atoms with E-state index in [9.17, 15) is 9.59 Å². The number of aliphatic carboxylic acids is 1. The molecule has 0 aliphatic carbocycles. The fraction of sp³-hybridized carbons (Fsp3) is 0.353. The Bertz CT molecular complexity index is 669. The molecule has 0 saturated heterocycles. The molecule has 2 rings (SSSR count). The molecule has 0 aliphatic rings. The molecule has 0 unspecified atom stereocenters. The third-order valence-electron chi connectivity index (χ3n) is 3.43. The molecule has 1 heterocycles. The van der Waals surface area contributed by atoms with Gasteiger partial charge in [0.2, 0.25) is 0 Å². The molecule has 1 atom stereocenters. The molecular weight excluding hydrogens is 310 g/mol. The van der Waals surface area contributed by atoms with Gasteiger partial charge in [-0.2, -0.15) is 5.10 Å². The van der Waals surface area contributed by atoms with Crippen molar-refractivity contribution in [3.8, 4) is 0 Å². The van der Waals surface area contributed by atoms with E-state index in [0.717, 1.165) is 12.0 Å². The summed E-state index contributed by atoms with van der Waals surface area (Å²) >= 11 is 0. The summed E-state index contributed by atoms with van der Waals surface area (Å²) in [4.78, 5) is 23.1. The van der Waals surface area contributed by atoms with Gasteiger partial charge in [0.05, 0.1) is 18.2 Å². The Hall–Kier alpha value is -2.83. The van der Waals surface area contributed by atoms with Gasteiger partial charge in [0.25, 0.3) is 0 Å². The molecule has 2 N–H and O–H groups in total. The normalized spacial score (nSPS) is 11.7. The molecule has 7 heteroatoms. The van der Waals surface area contributed by atoms with Gasteiger partial charge in [0.1, 0.15) is 6.61 Å². The van der Waals surface area contributed by atoms with E-state index in [1.165, 1.54) is 0 Å². The van der Waals surface area contributed by atoms with Gasteiger partial charge in [0.15, 0.2) is 0 Å². The van der Waals surface area contributed by atoms with E-state index in [2.05, 4.69) is 10.4 Å². The van der Waals surface area contributed by atoms with Gasteiger partial charge in [-0.1, -0.05) is 37.3 Å². The van der Waals surface area contributed by atoms with Crippen LogP contribution < -0.4 is 5.32 Å². The molecule has 24 heavy (non-hydrogen) atoms. The third kappa shape index (κ3) is 5.12. The molecule has 0 fully saturated rings. The van der Waals surface area contributed by atoms with Crippen LogP contribution in [-0.2, 0) is 22.7 Å². The van der Waals surface area contributed by atoms with Crippen LogP contribution in [-0.4, -0.2) is 26.9 Å². The Kier molecular flexibility index (Phi) is 6.36. The van der Waals surface area contributed by atoms with Crippen molar-refractivity contribution in [1.29, 1.82) is 0 Å². The maximum atomic E-state index is 12.0. The zero-order chi connectivity index (χ0) is 17.4. The molecule has 7 nitrogen and oxygen atoms in total. The number of carbonyl (C=O) groups is 2. The van der Waals surface area contributed by atoms with E-state index in [0.29, 0.717) is 12.2 Å². The number of ether oxygens (including phenoxy) is 1. The minimum atomic E-state index is -1.01. The molecule has 0 aliphatic heterocycles. The molecule has 0 bridgehead atoms. The maximum Gasteiger partial charge on any atom is 0.408 e. The summed E-state index contributed by atoms with van der Waals surface area (Å²) in [5.41, 5.74) is 1.51. The van der Waals surface area contributed by atoms with E-state index in [1.807, 2.05) is 37.3 Å². The largest absolute Gasteiger partial charge is 0.481 e. The van der Waals surface area contributed by atoms with Crippen molar-refractivity contribution in [1.82, 2.24) is 15.1 Å². The van der Waals surface area contributed by atoms with E-state index in [4.69, 9.17) is 9.84 Å². The highest BCUT2D eigenvalue weighted by Gasteiger charge is 2.22. The topological polar surface area (TPSA) is 93.5 Å². The predicted octanol–water partition coefficient (Wildman–Crippen LogP) is 2.74. The summed E-state index contributed by atoms with van der Waals surface area (Å²) in [5, 5.41) is 15.9. The summed E-state index contributed by atoms with van der Waals surface area (Å²) < 4.78 is 6.86. The summed E-state index contributed by atoms with van der Waals surface area (Å²) in [5.74, 6) is -1.01. The molecule has 0 saturated carbocycles. The van der Waals surface area contributed by atoms with Crippen molar-refractivity contribution in [2.75, 3.05) is 0 Å². The minimum Gasteiger partial charge on any atom is -0.481 e. The number of carboxylic acid groups (broad SMARTS) is 1. The quantitative estimate of drug-likeness (QED) is 0.776. The number of carboxylic acids is 1. The van der Waals surface area contributed by atoms with Gasteiger partial charge in [-0.3, -0.25) is 9.48 Å². The number of nitrogens with zero attached hydrogens (tertiary/aromatic N) is 2. The molecule has 128 valence electrons. The van der Waals surface area contributed by atoms with E-state index in [-0.39, 0.29) is 13.0 Å². The summed E-state index contributed by atoms with van der Waals surface area (Å²) in [6.45, 7) is 2.78. The van der Waals surface area contributed by atoms with Gasteiger partial charge in [-0.15, -0.1) is 0 Å². The van der Waals surface area contributed by atoms with Crippen LogP contribution in [0.5, 0.6) is 0 Å². The van der Waals surface area contributed by atoms with Crippen molar-refractivity contribution in [3.05, 3.63) is 53.9 Å². The zero-order valence-corrected chi connectivity index (χ0v) is 13.5. The second-order valence-electron chi connectivity index (χ2n) is 5.34. The monoisotopic (exact) mass is 331 g/mol. The Balaban J connectivity index is 2.01. The van der Waals surface area contributed by atoms with Gasteiger partial charge in [-0.25, -0.2) is 4.79 Å². The van der Waals surface area contributed by atoms with Gasteiger partial charge < -0.3 is 15.2 Å². The van der Waals surface area contributed by atoms with Crippen LogP contribution in [0.2, 0.25) is 0 Å². The lowest BCUT2D eigenvalue weighted by Crippen LogP contribution is -2.32. The number of aromatic nitrogens is 2. The number of rotatable bonds is 8. The van der Waals surface area contributed by atoms with Crippen LogP contribution in [0.4, 0.5) is 4.79 Å². The first-order chi connectivity index (χ1) is 11.6. The van der Waals surface area contributed by atoms with Crippen LogP contribution in [0.25, 0.3) is 0 Å². The minimum absolute atomic E-state index is 0.126. The zero-order valence-electron chi connectivity index (χ0n) is 13.5. The summed E-state index contributed by atoms with van der Waals surface area (Å²) in [6, 6.07) is 10.3. The average molecular weight is 331 g/mol. The number of amides is 1. The standard InChI is InChI=1S/C17H21N3O4/c1-2-10-20-15(8-9-18-20)14(11-16(21)22)19-17(23)24-12-13-6-4-3-5-7-13/h3-9,14H,2,10-12H2,1H3,(H,19,23)(H,21,22)/t14-/m1/s1. The van der Waals surface area contributed by atoms with Crippen molar-refractivity contribution < 1.29 is 19.4 Å². The van der Waals surface area contributed by atoms with Crippen molar-refractivity contribution >= 4 is 12.1 Å². The van der Waals surface area contributed by atoms with Gasteiger partial charge in [-0.05, 0) is 18.1 Å². The lowest BCUT2D eigenvalue weighted by Gasteiger charge is -2.18. The Morgan fingerprint density at radius 2 is 2.04 bits per heavy atom. The van der Waals surface area contributed by atoms with Crippen LogP contribution in [0.1, 0.15) is 37.1 Å². The third-order valence-corrected chi connectivity index (χ3v) is 3.43. The number of benzene rings is 1. The average Bonchev–Trinajstić information content (AvgIpc) is 3.01. The fourth-order valence-electron chi connectivity index (χ4n) is 2.35. The molecule has 0 spiro atoms. The number of carbonyl (C=O) groups excluding carboxylic acids is 1. The smallest absolute Gasteiger partial charge is 0.408 e. The van der Waals surface area contributed by atoms with Crippen LogP contribution in [0.3, 0.4) is 0 Å². The second-order valence-corrected chi connectivity index (χ2v) is 5.34. The molecule has 1 aromatic carbocycles. The number of hydrogen-bond acceptors (Lipinski definition) is 4. The number of nitrogens with one attached hydrogen (secondary N) is 1. The Labute approximate surface area is 140 Å². The van der Waals surface area contributed by atoms with E-state index < -0.39 is 18.1 Å². The van der Waals surface area contributed by atoms with Crippen LogP contribution in [0.15, 0.2) is 42.6 Å². The Morgan fingerprint density at radius 1 is 1.29 bits per heavy atom. The summed E-state index contributed by atoms with van der Waals surface area (Å²) in [7, 11) is 0. The molecule has 1 aromatic heterocycles. The van der Waals surface area contributed by atoms with Crippen LogP contribution >= 0.6 is 0 Å². The first-order valence-corrected chi connectivity index (χ1v) is 7.81. The highest BCUT2D eigenvalue weighted by Crippen LogP contribution is 2.17. The predicted molar refractivity (Wildman–Crippen MR) is 87.3 cm³/mol. The fourth-order valence-corrected chi connectivity index (χ4v) is 2.35. The molecule has 2 aromatic rings. The highest BCUT2D eigenvalue weighted by atomic mass is 16.5.